The Kier molecular flexibility index (Phi) is 3.60. The third-order valence-electron chi connectivity index (χ3n) is 2.84. The minimum atomic E-state index is -0.995. The smallest absolute Gasteiger partial charge is 0.335 e. The van der Waals surface area contributed by atoms with Crippen molar-refractivity contribution in [3.05, 3.63) is 47.4 Å². The van der Waals surface area contributed by atoms with Crippen molar-refractivity contribution in [2.45, 2.75) is 6.54 Å². The molecule has 1 aromatic heterocycles. The van der Waals surface area contributed by atoms with Gasteiger partial charge in [-0.05, 0) is 24.3 Å². The van der Waals surface area contributed by atoms with Gasteiger partial charge in [0.25, 0.3) is 0 Å². The van der Waals surface area contributed by atoms with Crippen molar-refractivity contribution in [1.29, 1.82) is 5.26 Å². The van der Waals surface area contributed by atoms with Crippen molar-refractivity contribution < 1.29 is 11.3 Å². The van der Waals surface area contributed by atoms with Crippen LogP contribution in [0.5, 0.6) is 0 Å². The van der Waals surface area contributed by atoms with E-state index >= 15 is 0 Å². The van der Waals surface area contributed by atoms with Gasteiger partial charge >= 0.3 is 5.97 Å². The Hall–Kier alpha value is -3.14. The molecule has 0 atom stereocenters. The lowest BCUT2D eigenvalue weighted by Crippen LogP contribution is -2.18. The Bertz CT molecular complexity index is 755. The number of hydrogen-bond acceptors (Lipinski definition) is 6. The van der Waals surface area contributed by atoms with E-state index in [1.165, 1.54) is 12.1 Å². The van der Waals surface area contributed by atoms with Crippen LogP contribution in [0, 0.1) is 11.3 Å². The average Bonchev–Trinajstić information content (AvgIpc) is 2.50. The summed E-state index contributed by atoms with van der Waals surface area (Å²) < 4.78 is 7.76. The number of anilines is 2. The van der Waals surface area contributed by atoms with E-state index in [1.54, 1.807) is 24.1 Å². The van der Waals surface area contributed by atoms with Crippen LogP contribution >= 0.6 is 0 Å². The van der Waals surface area contributed by atoms with Gasteiger partial charge in [0, 0.05) is 12.7 Å². The number of aromatic carboxylic acids is 1. The van der Waals surface area contributed by atoms with Crippen LogP contribution in [-0.2, 0) is 6.54 Å². The van der Waals surface area contributed by atoms with Crippen LogP contribution in [0.3, 0.4) is 0 Å². The maximum absolute atomic E-state index is 10.8. The Morgan fingerprint density at radius 2 is 2.19 bits per heavy atom. The zero-order valence-corrected chi connectivity index (χ0v) is 11.2. The molecule has 7 nitrogen and oxygen atoms in total. The molecule has 2 rings (SSSR count). The summed E-state index contributed by atoms with van der Waals surface area (Å²) in [5.74, 6) is -1.06. The van der Waals surface area contributed by atoms with Gasteiger partial charge in [0.05, 0.1) is 25.3 Å². The van der Waals surface area contributed by atoms with Crippen LogP contribution < -0.4 is 10.6 Å². The van der Waals surface area contributed by atoms with Gasteiger partial charge < -0.3 is 15.7 Å². The lowest BCUT2D eigenvalue weighted by Gasteiger charge is -2.19. The fraction of sp³-hybridized carbons (Fsp3) is 0.143. The van der Waals surface area contributed by atoms with Crippen molar-refractivity contribution in [3.8, 4) is 6.07 Å². The number of hydrogen-bond donors (Lipinski definition) is 2. The van der Waals surface area contributed by atoms with E-state index in [0.717, 1.165) is 5.69 Å². The number of nitrogens with two attached hydrogens (primary N) is 1. The lowest BCUT2D eigenvalue weighted by atomic mass is 10.2. The summed E-state index contributed by atoms with van der Waals surface area (Å²) in [4.78, 5) is 20.4. The van der Waals surface area contributed by atoms with Gasteiger partial charge in [-0.3, -0.25) is 0 Å². The van der Waals surface area contributed by atoms with Crippen molar-refractivity contribution in [2.24, 2.45) is 0 Å². The standard InChI is InChI=1S/C14H13N5O2/c1-19(11-4-2-9(3-5-11)14(20)21)8-10-7-17-13(16)12(6-15)18-10/h2-5,7H,8H2,1H3,(H2,16,17)(H,20,21)/i7D. The molecule has 0 saturated heterocycles. The molecule has 1 heterocycles. The molecule has 0 bridgehead atoms. The normalized spacial score (nSPS) is 10.6. The first kappa shape index (κ1) is 12.9. The van der Waals surface area contributed by atoms with Gasteiger partial charge in [-0.1, -0.05) is 0 Å². The fourth-order valence-electron chi connectivity index (χ4n) is 1.72. The van der Waals surface area contributed by atoms with Gasteiger partial charge in [-0.2, -0.15) is 5.26 Å². The highest BCUT2D eigenvalue weighted by Gasteiger charge is 2.08. The Morgan fingerprint density at radius 3 is 2.76 bits per heavy atom. The zero-order valence-electron chi connectivity index (χ0n) is 12.2. The maximum Gasteiger partial charge on any atom is 0.335 e. The number of carboxylic acid groups (broad SMARTS) is 1. The molecule has 106 valence electrons. The summed E-state index contributed by atoms with van der Waals surface area (Å²) >= 11 is 0. The third kappa shape index (κ3) is 3.25. The molecule has 0 aliphatic rings. The van der Waals surface area contributed by atoms with Crippen LogP contribution in [0.25, 0.3) is 0 Å². The molecule has 0 radical (unpaired) electrons. The molecule has 0 aliphatic heterocycles. The molecule has 0 fully saturated rings. The monoisotopic (exact) mass is 284 g/mol. The number of rotatable bonds is 4. The van der Waals surface area contributed by atoms with E-state index in [4.69, 9.17) is 17.5 Å². The number of aromatic nitrogens is 2. The summed E-state index contributed by atoms with van der Waals surface area (Å²) in [5.41, 5.74) is 6.75. The number of carboxylic acids is 1. The van der Waals surface area contributed by atoms with Crippen LogP contribution in [0.1, 0.15) is 23.1 Å². The van der Waals surface area contributed by atoms with Crippen molar-refractivity contribution in [3.63, 3.8) is 0 Å². The van der Waals surface area contributed by atoms with Gasteiger partial charge in [0.2, 0.25) is 0 Å². The summed E-state index contributed by atoms with van der Waals surface area (Å²) in [6, 6.07) is 8.12. The predicted molar refractivity (Wildman–Crippen MR) is 76.7 cm³/mol. The van der Waals surface area contributed by atoms with Crippen LogP contribution in [0.15, 0.2) is 30.4 Å². The van der Waals surface area contributed by atoms with Gasteiger partial charge in [-0.15, -0.1) is 0 Å². The van der Waals surface area contributed by atoms with Crippen molar-refractivity contribution >= 4 is 17.5 Å². The van der Waals surface area contributed by atoms with Gasteiger partial charge in [0.1, 0.15) is 6.07 Å². The second-order valence-electron chi connectivity index (χ2n) is 4.34. The highest BCUT2D eigenvalue weighted by molar-refractivity contribution is 5.88. The first-order chi connectivity index (χ1) is 10.4. The zero-order chi connectivity index (χ0) is 16.3. The van der Waals surface area contributed by atoms with Gasteiger partial charge in [-0.25, -0.2) is 14.8 Å². The highest BCUT2D eigenvalue weighted by Crippen LogP contribution is 2.16. The molecule has 0 saturated carbocycles. The number of nitriles is 1. The molecule has 0 aliphatic carbocycles. The molecular formula is C14H13N5O2. The largest absolute Gasteiger partial charge is 0.478 e. The van der Waals surface area contributed by atoms with E-state index in [0.29, 0.717) is 5.69 Å². The van der Waals surface area contributed by atoms with E-state index in [-0.39, 0.29) is 29.8 Å². The molecule has 0 amide bonds. The summed E-state index contributed by atoms with van der Waals surface area (Å²) in [6.07, 6.45) is -0.0921. The molecule has 21 heavy (non-hydrogen) atoms. The highest BCUT2D eigenvalue weighted by atomic mass is 16.4. The first-order valence-corrected chi connectivity index (χ1v) is 6.00. The molecule has 3 N–H and O–H groups in total. The Balaban J connectivity index is 2.23. The minimum Gasteiger partial charge on any atom is -0.478 e. The van der Waals surface area contributed by atoms with Gasteiger partial charge in [0.15, 0.2) is 11.5 Å². The Morgan fingerprint density at radius 1 is 1.52 bits per heavy atom. The molecule has 0 spiro atoms. The molecule has 1 aromatic carbocycles. The molecule has 2 aromatic rings. The Labute approximate surface area is 122 Å². The van der Waals surface area contributed by atoms with Crippen LogP contribution in [-0.4, -0.2) is 28.1 Å². The molecule has 7 heteroatoms. The van der Waals surface area contributed by atoms with E-state index in [9.17, 15) is 4.79 Å². The third-order valence-corrected chi connectivity index (χ3v) is 2.84. The second-order valence-corrected chi connectivity index (χ2v) is 4.34. The van der Waals surface area contributed by atoms with Crippen LogP contribution in [0.2, 0.25) is 0 Å². The van der Waals surface area contributed by atoms with E-state index in [2.05, 4.69) is 9.97 Å². The number of nitrogen functional groups attached to an aromatic ring is 1. The number of nitrogens with zero attached hydrogens (tertiary/aromatic N) is 4. The van der Waals surface area contributed by atoms with E-state index < -0.39 is 5.97 Å². The number of carbonyl (C=O) groups is 1. The second kappa shape index (κ2) is 5.88. The van der Waals surface area contributed by atoms with Crippen molar-refractivity contribution in [2.75, 3.05) is 17.7 Å². The van der Waals surface area contributed by atoms with Crippen molar-refractivity contribution in [1.82, 2.24) is 9.97 Å². The minimum absolute atomic E-state index is 0.0133. The predicted octanol–water partition coefficient (Wildman–Crippen LogP) is 1.27. The van der Waals surface area contributed by atoms with E-state index in [1.807, 2.05) is 6.07 Å². The summed E-state index contributed by atoms with van der Waals surface area (Å²) in [7, 11) is 1.76. The molecular weight excluding hydrogens is 270 g/mol. The average molecular weight is 284 g/mol. The lowest BCUT2D eigenvalue weighted by molar-refractivity contribution is 0.0697. The SMILES string of the molecule is [2H]c1nc(N)c(C#N)nc1CN(C)c1ccc(C(=O)O)cc1. The topological polar surface area (TPSA) is 116 Å². The quantitative estimate of drug-likeness (QED) is 0.868. The fourth-order valence-corrected chi connectivity index (χ4v) is 1.72. The first-order valence-electron chi connectivity index (χ1n) is 6.50. The summed E-state index contributed by atoms with van der Waals surface area (Å²) in [6.45, 7) is 0.243. The number of benzene rings is 1. The maximum atomic E-state index is 10.8. The summed E-state index contributed by atoms with van der Waals surface area (Å²) in [5, 5.41) is 17.8. The van der Waals surface area contributed by atoms with Crippen LogP contribution in [0.4, 0.5) is 11.5 Å². The molecule has 0 unspecified atom stereocenters.